The van der Waals surface area contributed by atoms with Crippen LogP contribution < -0.4 is 21.4 Å². The number of nitrogens with one attached hydrogen (secondary N) is 2. The Morgan fingerprint density at radius 2 is 2.06 bits per heavy atom. The van der Waals surface area contributed by atoms with E-state index in [0.29, 0.717) is 17.7 Å². The van der Waals surface area contributed by atoms with Crippen LogP contribution in [0.2, 0.25) is 0 Å². The first-order valence-electron chi connectivity index (χ1n) is 10.1. The van der Waals surface area contributed by atoms with Crippen molar-refractivity contribution in [2.24, 2.45) is 5.73 Å². The number of carbonyl (C=O) groups excluding carboxylic acids is 2. The van der Waals surface area contributed by atoms with Gasteiger partial charge in [0.05, 0.1) is 11.7 Å². The van der Waals surface area contributed by atoms with Crippen LogP contribution in [0.3, 0.4) is 0 Å². The molecule has 1 aliphatic heterocycles. The fraction of sp³-hybridized carbons (Fsp3) is 0.217. The first kappa shape index (κ1) is 21.8. The smallest absolute Gasteiger partial charge is 0.251 e. The highest BCUT2D eigenvalue weighted by atomic mass is 32.1. The minimum Gasteiger partial charge on any atom is -0.399 e. The number of amides is 2. The van der Waals surface area contributed by atoms with E-state index in [1.54, 1.807) is 29.9 Å². The molecule has 0 spiro atoms. The molecule has 4 rings (SSSR count). The summed E-state index contributed by atoms with van der Waals surface area (Å²) >= 11 is 1.64. The molecule has 0 saturated heterocycles. The molecule has 2 atom stereocenters. The maximum atomic E-state index is 13.1. The topological polar surface area (TPSA) is 108 Å². The predicted molar refractivity (Wildman–Crippen MR) is 122 cm³/mol. The molecule has 0 aliphatic carbocycles. The molecule has 0 fully saturated rings. The van der Waals surface area contributed by atoms with Crippen LogP contribution in [0.5, 0.6) is 0 Å². The molecule has 1 unspecified atom stereocenters. The zero-order valence-corrected chi connectivity index (χ0v) is 18.2. The largest absolute Gasteiger partial charge is 0.399 e. The lowest BCUT2D eigenvalue weighted by Crippen LogP contribution is -2.42. The van der Waals surface area contributed by atoms with E-state index in [-0.39, 0.29) is 18.4 Å². The number of carbonyl (C=O) groups is 2. The second kappa shape index (κ2) is 8.97. The van der Waals surface area contributed by atoms with Crippen molar-refractivity contribution >= 4 is 38.9 Å². The maximum absolute atomic E-state index is 13.1. The van der Waals surface area contributed by atoms with Gasteiger partial charge in [-0.05, 0) is 60.7 Å². The maximum Gasteiger partial charge on any atom is 0.251 e. The van der Waals surface area contributed by atoms with Gasteiger partial charge in [0.25, 0.3) is 5.91 Å². The Balaban J connectivity index is 1.61. The molecule has 32 heavy (non-hydrogen) atoms. The third kappa shape index (κ3) is 4.30. The molecule has 9 heteroatoms. The fourth-order valence-corrected chi connectivity index (χ4v) is 4.88. The van der Waals surface area contributed by atoms with Crippen LogP contribution in [0, 0.1) is 5.82 Å². The number of thiophene rings is 1. The number of halogens is 1. The number of hydroxylamine groups is 1. The number of nitrogens with two attached hydrogens (primary N) is 1. The Hall–Kier alpha value is -3.43. The Labute approximate surface area is 188 Å². The van der Waals surface area contributed by atoms with E-state index in [4.69, 9.17) is 10.9 Å². The van der Waals surface area contributed by atoms with E-state index in [1.165, 1.54) is 24.3 Å². The van der Waals surface area contributed by atoms with Gasteiger partial charge in [0.15, 0.2) is 0 Å². The first-order chi connectivity index (χ1) is 15.4. The molecule has 0 saturated carbocycles. The minimum absolute atomic E-state index is 0.0717. The molecular formula is C23H23FN4O3S. The summed E-state index contributed by atoms with van der Waals surface area (Å²) < 4.78 is 14.3. The highest BCUT2D eigenvalue weighted by Crippen LogP contribution is 2.41. The van der Waals surface area contributed by atoms with Crippen molar-refractivity contribution in [3.8, 4) is 0 Å². The summed E-state index contributed by atoms with van der Waals surface area (Å²) in [5.74, 6) is -1.28. The van der Waals surface area contributed by atoms with Gasteiger partial charge in [-0.25, -0.2) is 9.87 Å². The van der Waals surface area contributed by atoms with Crippen LogP contribution >= 0.6 is 11.3 Å². The number of anilines is 1. The monoisotopic (exact) mass is 454 g/mol. The Morgan fingerprint density at radius 3 is 2.78 bits per heavy atom. The van der Waals surface area contributed by atoms with E-state index >= 15 is 0 Å². The second-order valence-corrected chi connectivity index (χ2v) is 8.66. The van der Waals surface area contributed by atoms with Crippen molar-refractivity contribution in [3.63, 3.8) is 0 Å². The standard InChI is InChI=1S/C23H23FN4O3S/c1-13(26-23(30)14-5-7-16(24)8-6-14)18(25)11-28-17(10-21(29)27-31)9-15-12-32-20-4-2-3-19(28)22(15)20/h2-8,11-13,17,31H,9-10,25H2,1H3,(H,26,30)(H,27,29)/b18-11-/t13?,17-/m1/s1. The van der Waals surface area contributed by atoms with Gasteiger partial charge in [-0.1, -0.05) is 6.07 Å². The summed E-state index contributed by atoms with van der Waals surface area (Å²) in [7, 11) is 0. The summed E-state index contributed by atoms with van der Waals surface area (Å²) in [6.07, 6.45) is 2.42. The molecule has 2 aromatic carbocycles. The number of benzene rings is 2. The number of hydrogen-bond donors (Lipinski definition) is 4. The van der Waals surface area contributed by atoms with Crippen LogP contribution in [0.15, 0.2) is 59.7 Å². The van der Waals surface area contributed by atoms with Gasteiger partial charge in [-0.15, -0.1) is 11.3 Å². The highest BCUT2D eigenvalue weighted by Gasteiger charge is 2.29. The fourth-order valence-electron chi connectivity index (χ4n) is 3.89. The summed E-state index contributed by atoms with van der Waals surface area (Å²) in [5.41, 5.74) is 10.8. The quantitative estimate of drug-likeness (QED) is 0.338. The molecule has 5 N–H and O–H groups in total. The van der Waals surface area contributed by atoms with Crippen molar-refractivity contribution in [1.82, 2.24) is 10.8 Å². The highest BCUT2D eigenvalue weighted by molar-refractivity contribution is 7.17. The summed E-state index contributed by atoms with van der Waals surface area (Å²) in [4.78, 5) is 26.4. The molecule has 3 aromatic rings. The molecular weight excluding hydrogens is 431 g/mol. The summed E-state index contributed by atoms with van der Waals surface area (Å²) in [5, 5.41) is 15.0. The van der Waals surface area contributed by atoms with Crippen LogP contribution in [-0.2, 0) is 11.2 Å². The average Bonchev–Trinajstić information content (AvgIpc) is 3.20. The van der Waals surface area contributed by atoms with E-state index in [9.17, 15) is 14.0 Å². The van der Waals surface area contributed by atoms with Gasteiger partial charge >= 0.3 is 0 Å². The number of rotatable bonds is 6. The molecule has 166 valence electrons. The molecule has 7 nitrogen and oxygen atoms in total. The SMILES string of the molecule is CC(NC(=O)c1ccc(F)cc1)/C(N)=C/N1c2cccc3scc(c23)C[C@@H]1CC(=O)NO. The molecule has 1 aromatic heterocycles. The Morgan fingerprint density at radius 1 is 1.31 bits per heavy atom. The van der Waals surface area contributed by atoms with Gasteiger partial charge < -0.3 is 16.0 Å². The number of nitrogens with zero attached hydrogens (tertiary/aromatic N) is 1. The van der Waals surface area contributed by atoms with E-state index < -0.39 is 17.8 Å². The predicted octanol–water partition coefficient (Wildman–Crippen LogP) is 3.29. The Kier molecular flexibility index (Phi) is 6.11. The van der Waals surface area contributed by atoms with Gasteiger partial charge in [0, 0.05) is 40.0 Å². The normalized spacial score (nSPS) is 16.7. The molecule has 2 amide bonds. The van der Waals surface area contributed by atoms with Crippen molar-refractivity contribution < 1.29 is 19.2 Å². The average molecular weight is 455 g/mol. The Bertz CT molecular complexity index is 1190. The summed E-state index contributed by atoms with van der Waals surface area (Å²) in [6, 6.07) is 10.5. The van der Waals surface area contributed by atoms with Crippen LogP contribution in [0.25, 0.3) is 10.1 Å². The molecule has 0 radical (unpaired) electrons. The van der Waals surface area contributed by atoms with Crippen molar-refractivity contribution in [2.75, 3.05) is 4.90 Å². The molecule has 2 heterocycles. The number of hydrogen-bond acceptors (Lipinski definition) is 6. The van der Waals surface area contributed by atoms with Gasteiger partial charge in [-0.3, -0.25) is 14.8 Å². The van der Waals surface area contributed by atoms with E-state index in [1.807, 2.05) is 23.1 Å². The van der Waals surface area contributed by atoms with E-state index in [0.717, 1.165) is 21.3 Å². The van der Waals surface area contributed by atoms with Crippen molar-refractivity contribution in [3.05, 3.63) is 76.7 Å². The minimum atomic E-state index is -0.511. The molecule has 1 aliphatic rings. The van der Waals surface area contributed by atoms with Gasteiger partial charge in [0.1, 0.15) is 5.82 Å². The zero-order chi connectivity index (χ0) is 22.8. The van der Waals surface area contributed by atoms with Crippen LogP contribution in [0.1, 0.15) is 29.3 Å². The van der Waals surface area contributed by atoms with E-state index in [2.05, 4.69) is 10.7 Å². The lowest BCUT2D eigenvalue weighted by Gasteiger charge is -2.35. The molecule has 0 bridgehead atoms. The third-order valence-electron chi connectivity index (χ3n) is 5.57. The van der Waals surface area contributed by atoms with Crippen molar-refractivity contribution in [2.45, 2.75) is 31.8 Å². The zero-order valence-electron chi connectivity index (χ0n) is 17.3. The summed E-state index contributed by atoms with van der Waals surface area (Å²) in [6.45, 7) is 1.75. The second-order valence-electron chi connectivity index (χ2n) is 7.75. The lowest BCUT2D eigenvalue weighted by molar-refractivity contribution is -0.129. The first-order valence-corrected chi connectivity index (χ1v) is 11.0. The van der Waals surface area contributed by atoms with Crippen LogP contribution in [-0.4, -0.2) is 29.1 Å². The third-order valence-corrected chi connectivity index (χ3v) is 6.56. The van der Waals surface area contributed by atoms with Gasteiger partial charge in [0.2, 0.25) is 5.91 Å². The van der Waals surface area contributed by atoms with Crippen molar-refractivity contribution in [1.29, 1.82) is 0 Å². The van der Waals surface area contributed by atoms with Gasteiger partial charge in [-0.2, -0.15) is 0 Å². The lowest BCUT2D eigenvalue weighted by atomic mass is 9.94. The van der Waals surface area contributed by atoms with Crippen LogP contribution in [0.4, 0.5) is 10.1 Å².